The van der Waals surface area contributed by atoms with E-state index in [0.717, 1.165) is 16.9 Å². The van der Waals surface area contributed by atoms with Crippen LogP contribution in [-0.4, -0.2) is 22.2 Å². The van der Waals surface area contributed by atoms with Crippen LogP contribution in [0.5, 0.6) is 0 Å². The molecule has 1 aromatic heterocycles. The van der Waals surface area contributed by atoms with E-state index < -0.39 is 0 Å². The van der Waals surface area contributed by atoms with Gasteiger partial charge in [0.15, 0.2) is 5.69 Å². The van der Waals surface area contributed by atoms with E-state index >= 15 is 0 Å². The van der Waals surface area contributed by atoms with Gasteiger partial charge in [-0.15, -0.1) is 0 Å². The van der Waals surface area contributed by atoms with Crippen molar-refractivity contribution in [1.29, 1.82) is 0 Å². The summed E-state index contributed by atoms with van der Waals surface area (Å²) in [5.41, 5.74) is 3.52. The molecule has 1 heterocycles. The van der Waals surface area contributed by atoms with Crippen LogP contribution in [0.4, 0.5) is 5.69 Å². The molecule has 0 atom stereocenters. The number of hydrogen-bond donors (Lipinski definition) is 0. The maximum Gasteiger partial charge on any atom is 0.278 e. The van der Waals surface area contributed by atoms with Crippen molar-refractivity contribution in [2.45, 2.75) is 20.8 Å². The van der Waals surface area contributed by atoms with E-state index in [0.29, 0.717) is 12.2 Å². The van der Waals surface area contributed by atoms with Crippen LogP contribution >= 0.6 is 0 Å². The molecule has 0 aliphatic carbocycles. The molecule has 0 saturated carbocycles. The molecule has 4 nitrogen and oxygen atoms in total. The second-order valence-electron chi connectivity index (χ2n) is 4.68. The highest BCUT2D eigenvalue weighted by Gasteiger charge is 2.19. The molecule has 0 N–H and O–H groups in total. The van der Waals surface area contributed by atoms with Crippen molar-refractivity contribution in [2.75, 3.05) is 11.4 Å². The summed E-state index contributed by atoms with van der Waals surface area (Å²) in [6, 6.07) is 9.76. The zero-order chi connectivity index (χ0) is 14.0. The van der Waals surface area contributed by atoms with E-state index in [2.05, 4.69) is 5.10 Å². The van der Waals surface area contributed by atoms with Gasteiger partial charge in [0.05, 0.1) is 0 Å². The summed E-state index contributed by atoms with van der Waals surface area (Å²) in [7, 11) is 1.84. The minimum atomic E-state index is -0.0585. The molecule has 0 aliphatic heterocycles. The van der Waals surface area contributed by atoms with Crippen LogP contribution in [0, 0.1) is 13.8 Å². The molecule has 4 heteroatoms. The number of carbonyl (C=O) groups is 1. The third kappa shape index (κ3) is 2.67. The van der Waals surface area contributed by atoms with Crippen molar-refractivity contribution < 1.29 is 4.79 Å². The Morgan fingerprint density at radius 1 is 1.32 bits per heavy atom. The van der Waals surface area contributed by atoms with Gasteiger partial charge in [0.1, 0.15) is 0 Å². The lowest BCUT2D eigenvalue weighted by atomic mass is 10.2. The largest absolute Gasteiger partial charge is 0.307 e. The summed E-state index contributed by atoms with van der Waals surface area (Å²) in [5, 5.41) is 4.25. The molecule has 0 saturated heterocycles. The average molecular weight is 257 g/mol. The second kappa shape index (κ2) is 5.26. The summed E-state index contributed by atoms with van der Waals surface area (Å²) in [6.45, 7) is 6.55. The molecule has 0 unspecified atom stereocenters. The Morgan fingerprint density at radius 3 is 2.58 bits per heavy atom. The Kier molecular flexibility index (Phi) is 3.69. The van der Waals surface area contributed by atoms with Crippen molar-refractivity contribution in [3.8, 4) is 0 Å². The van der Waals surface area contributed by atoms with Crippen LogP contribution in [0.25, 0.3) is 0 Å². The number of aryl methyl sites for hydroxylation is 3. The Labute approximate surface area is 113 Å². The standard InChI is InChI=1S/C15H19N3O/c1-5-18(13-8-6-7-11(2)9-13)15(19)14-10-12(3)17(4)16-14/h6-10H,5H2,1-4H3. The fraction of sp³-hybridized carbons (Fsp3) is 0.333. The first-order chi connectivity index (χ1) is 9.02. The number of benzene rings is 1. The first kappa shape index (κ1) is 13.3. The molecule has 0 bridgehead atoms. The van der Waals surface area contributed by atoms with Crippen molar-refractivity contribution in [3.05, 3.63) is 47.3 Å². The number of amides is 1. The number of anilines is 1. The van der Waals surface area contributed by atoms with E-state index in [1.807, 2.05) is 58.2 Å². The molecule has 0 aliphatic rings. The Balaban J connectivity index is 2.34. The van der Waals surface area contributed by atoms with Crippen molar-refractivity contribution in [3.63, 3.8) is 0 Å². The molecule has 0 fully saturated rings. The predicted molar refractivity (Wildman–Crippen MR) is 76.5 cm³/mol. The highest BCUT2D eigenvalue weighted by molar-refractivity contribution is 6.04. The topological polar surface area (TPSA) is 38.1 Å². The van der Waals surface area contributed by atoms with Crippen LogP contribution in [0.3, 0.4) is 0 Å². The number of hydrogen-bond acceptors (Lipinski definition) is 2. The van der Waals surface area contributed by atoms with Crippen LogP contribution in [-0.2, 0) is 7.05 Å². The summed E-state index contributed by atoms with van der Waals surface area (Å²) in [6.07, 6.45) is 0. The average Bonchev–Trinajstić information content (AvgIpc) is 2.70. The maximum absolute atomic E-state index is 12.5. The molecule has 19 heavy (non-hydrogen) atoms. The molecule has 100 valence electrons. The number of rotatable bonds is 3. The smallest absolute Gasteiger partial charge is 0.278 e. The maximum atomic E-state index is 12.5. The monoisotopic (exact) mass is 257 g/mol. The van der Waals surface area contributed by atoms with Gasteiger partial charge in [-0.2, -0.15) is 5.10 Å². The summed E-state index contributed by atoms with van der Waals surface area (Å²) in [5.74, 6) is -0.0585. The minimum absolute atomic E-state index is 0.0585. The molecular formula is C15H19N3O. The van der Waals surface area contributed by atoms with Gasteiger partial charge in [-0.25, -0.2) is 0 Å². The van der Waals surface area contributed by atoms with Crippen molar-refractivity contribution in [1.82, 2.24) is 9.78 Å². The van der Waals surface area contributed by atoms with E-state index in [9.17, 15) is 4.79 Å². The van der Waals surface area contributed by atoms with Crippen LogP contribution in [0.1, 0.15) is 28.7 Å². The quantitative estimate of drug-likeness (QED) is 0.848. The normalized spacial score (nSPS) is 10.5. The zero-order valence-electron chi connectivity index (χ0n) is 11.8. The highest BCUT2D eigenvalue weighted by Crippen LogP contribution is 2.18. The van der Waals surface area contributed by atoms with E-state index in [1.165, 1.54) is 0 Å². The number of carbonyl (C=O) groups excluding carboxylic acids is 1. The van der Waals surface area contributed by atoms with Gasteiger partial charge in [0.2, 0.25) is 0 Å². The van der Waals surface area contributed by atoms with Crippen LogP contribution < -0.4 is 4.90 Å². The minimum Gasteiger partial charge on any atom is -0.307 e. The molecule has 2 aromatic rings. The van der Waals surface area contributed by atoms with Crippen LogP contribution in [0.15, 0.2) is 30.3 Å². The van der Waals surface area contributed by atoms with Crippen molar-refractivity contribution >= 4 is 11.6 Å². The molecule has 2 rings (SSSR count). The van der Waals surface area contributed by atoms with Crippen LogP contribution in [0.2, 0.25) is 0 Å². The van der Waals surface area contributed by atoms with E-state index in [1.54, 1.807) is 9.58 Å². The first-order valence-electron chi connectivity index (χ1n) is 6.42. The zero-order valence-corrected chi connectivity index (χ0v) is 11.8. The lowest BCUT2D eigenvalue weighted by Gasteiger charge is -2.20. The van der Waals surface area contributed by atoms with Gasteiger partial charge >= 0.3 is 0 Å². The fourth-order valence-corrected chi connectivity index (χ4v) is 2.04. The number of aromatic nitrogens is 2. The Hall–Kier alpha value is -2.10. The Bertz CT molecular complexity index is 582. The first-order valence-corrected chi connectivity index (χ1v) is 6.42. The third-order valence-electron chi connectivity index (χ3n) is 3.21. The summed E-state index contributed by atoms with van der Waals surface area (Å²) < 4.78 is 1.72. The molecule has 1 amide bonds. The van der Waals surface area contributed by atoms with Gasteiger partial charge < -0.3 is 4.90 Å². The number of nitrogens with zero attached hydrogens (tertiary/aromatic N) is 3. The van der Waals surface area contributed by atoms with Gasteiger partial charge in [0.25, 0.3) is 5.91 Å². The highest BCUT2D eigenvalue weighted by atomic mass is 16.2. The van der Waals surface area contributed by atoms with Gasteiger partial charge in [-0.1, -0.05) is 12.1 Å². The molecular weight excluding hydrogens is 238 g/mol. The SMILES string of the molecule is CCN(C(=O)c1cc(C)n(C)n1)c1cccc(C)c1. The fourth-order valence-electron chi connectivity index (χ4n) is 2.04. The van der Waals surface area contributed by atoms with Crippen molar-refractivity contribution in [2.24, 2.45) is 7.05 Å². The van der Waals surface area contributed by atoms with E-state index in [4.69, 9.17) is 0 Å². The van der Waals surface area contributed by atoms with Gasteiger partial charge in [-0.05, 0) is 44.5 Å². The van der Waals surface area contributed by atoms with Gasteiger partial charge in [-0.3, -0.25) is 9.48 Å². The van der Waals surface area contributed by atoms with E-state index in [-0.39, 0.29) is 5.91 Å². The summed E-state index contributed by atoms with van der Waals surface area (Å²) in [4.78, 5) is 14.2. The lowest BCUT2D eigenvalue weighted by molar-refractivity contribution is 0.0983. The Morgan fingerprint density at radius 2 is 2.05 bits per heavy atom. The molecule has 0 spiro atoms. The lowest BCUT2D eigenvalue weighted by Crippen LogP contribution is -2.31. The second-order valence-corrected chi connectivity index (χ2v) is 4.68. The van der Waals surface area contributed by atoms with Gasteiger partial charge in [0, 0.05) is 25.0 Å². The third-order valence-corrected chi connectivity index (χ3v) is 3.21. The summed E-state index contributed by atoms with van der Waals surface area (Å²) >= 11 is 0. The molecule has 0 radical (unpaired) electrons. The molecule has 1 aromatic carbocycles. The predicted octanol–water partition coefficient (Wildman–Crippen LogP) is 2.70.